The van der Waals surface area contributed by atoms with Gasteiger partial charge in [-0.05, 0) is 37.6 Å². The molecule has 0 aliphatic heterocycles. The van der Waals surface area contributed by atoms with Gasteiger partial charge in [0.1, 0.15) is 0 Å². The summed E-state index contributed by atoms with van der Waals surface area (Å²) in [5, 5.41) is 7.08. The van der Waals surface area contributed by atoms with Crippen LogP contribution in [0.5, 0.6) is 11.5 Å². The number of aromatic amines is 1. The van der Waals surface area contributed by atoms with Gasteiger partial charge in [-0.2, -0.15) is 5.10 Å². The standard InChI is InChI=1S/C14H18N2O2/c1-10-4-5-13(14(8-10)17-3)18-7-6-12-9-11(2)15-16-12/h4-5,8-9H,6-7H2,1-3H3,(H,15,16). The predicted molar refractivity (Wildman–Crippen MR) is 70.3 cm³/mol. The summed E-state index contributed by atoms with van der Waals surface area (Å²) in [4.78, 5) is 0. The maximum atomic E-state index is 5.72. The number of ether oxygens (including phenoxy) is 2. The molecule has 96 valence electrons. The minimum atomic E-state index is 0.587. The molecule has 1 N–H and O–H groups in total. The van der Waals surface area contributed by atoms with Gasteiger partial charge in [-0.3, -0.25) is 5.10 Å². The second-order valence-corrected chi connectivity index (χ2v) is 4.30. The van der Waals surface area contributed by atoms with Crippen molar-refractivity contribution in [1.29, 1.82) is 0 Å². The van der Waals surface area contributed by atoms with E-state index in [4.69, 9.17) is 9.47 Å². The molecule has 0 fully saturated rings. The summed E-state index contributed by atoms with van der Waals surface area (Å²) in [5.74, 6) is 1.54. The van der Waals surface area contributed by atoms with Gasteiger partial charge in [0.15, 0.2) is 11.5 Å². The summed E-state index contributed by atoms with van der Waals surface area (Å²) in [7, 11) is 1.65. The largest absolute Gasteiger partial charge is 0.493 e. The Labute approximate surface area is 107 Å². The molecule has 0 saturated heterocycles. The molecule has 4 nitrogen and oxygen atoms in total. The van der Waals surface area contributed by atoms with Crippen molar-refractivity contribution in [3.05, 3.63) is 41.2 Å². The Bertz CT molecular complexity index is 520. The van der Waals surface area contributed by atoms with E-state index >= 15 is 0 Å². The predicted octanol–water partition coefficient (Wildman–Crippen LogP) is 2.66. The topological polar surface area (TPSA) is 47.1 Å². The average Bonchev–Trinajstić information content (AvgIpc) is 2.77. The number of aryl methyl sites for hydroxylation is 2. The summed E-state index contributed by atoms with van der Waals surface area (Å²) in [5.41, 5.74) is 3.23. The van der Waals surface area contributed by atoms with Crippen LogP contribution in [0.25, 0.3) is 0 Å². The molecule has 0 amide bonds. The molecule has 0 aliphatic carbocycles. The Hall–Kier alpha value is -1.97. The molecule has 0 aliphatic rings. The fourth-order valence-corrected chi connectivity index (χ4v) is 1.76. The van der Waals surface area contributed by atoms with Crippen molar-refractivity contribution in [3.63, 3.8) is 0 Å². The Kier molecular flexibility index (Phi) is 3.87. The Balaban J connectivity index is 1.94. The molecule has 2 rings (SSSR count). The molecule has 0 spiro atoms. The fraction of sp³-hybridized carbons (Fsp3) is 0.357. The second-order valence-electron chi connectivity index (χ2n) is 4.30. The van der Waals surface area contributed by atoms with Crippen molar-refractivity contribution in [2.24, 2.45) is 0 Å². The van der Waals surface area contributed by atoms with Gasteiger partial charge in [0.05, 0.1) is 19.4 Å². The highest BCUT2D eigenvalue weighted by atomic mass is 16.5. The highest BCUT2D eigenvalue weighted by Gasteiger charge is 2.05. The van der Waals surface area contributed by atoms with Crippen molar-refractivity contribution < 1.29 is 9.47 Å². The van der Waals surface area contributed by atoms with E-state index in [2.05, 4.69) is 10.2 Å². The van der Waals surface area contributed by atoms with E-state index in [9.17, 15) is 0 Å². The van der Waals surface area contributed by atoms with Crippen molar-refractivity contribution in [2.75, 3.05) is 13.7 Å². The first kappa shape index (κ1) is 12.5. The van der Waals surface area contributed by atoms with Gasteiger partial charge in [0.25, 0.3) is 0 Å². The molecule has 1 aromatic heterocycles. The number of methoxy groups -OCH3 is 1. The first-order valence-electron chi connectivity index (χ1n) is 5.97. The number of hydrogen-bond acceptors (Lipinski definition) is 3. The molecule has 0 bridgehead atoms. The van der Waals surface area contributed by atoms with Crippen molar-refractivity contribution >= 4 is 0 Å². The highest BCUT2D eigenvalue weighted by molar-refractivity contribution is 5.42. The summed E-state index contributed by atoms with van der Waals surface area (Å²) in [6.45, 7) is 4.60. The van der Waals surface area contributed by atoms with E-state index in [0.717, 1.165) is 34.9 Å². The lowest BCUT2D eigenvalue weighted by molar-refractivity contribution is 0.296. The zero-order valence-electron chi connectivity index (χ0n) is 11.0. The zero-order chi connectivity index (χ0) is 13.0. The number of rotatable bonds is 5. The van der Waals surface area contributed by atoms with E-state index in [1.165, 1.54) is 0 Å². The number of hydrogen-bond donors (Lipinski definition) is 1. The number of benzene rings is 1. The van der Waals surface area contributed by atoms with E-state index in [-0.39, 0.29) is 0 Å². The van der Waals surface area contributed by atoms with Crippen LogP contribution in [0.2, 0.25) is 0 Å². The minimum Gasteiger partial charge on any atom is -0.493 e. The minimum absolute atomic E-state index is 0.587. The van der Waals surface area contributed by atoms with Gasteiger partial charge in [0, 0.05) is 12.1 Å². The maximum absolute atomic E-state index is 5.72. The van der Waals surface area contributed by atoms with E-state index in [1.54, 1.807) is 7.11 Å². The number of H-pyrrole nitrogens is 1. The summed E-state index contributed by atoms with van der Waals surface area (Å²) >= 11 is 0. The monoisotopic (exact) mass is 246 g/mol. The smallest absolute Gasteiger partial charge is 0.161 e. The van der Waals surface area contributed by atoms with Crippen LogP contribution in [-0.4, -0.2) is 23.9 Å². The number of nitrogens with one attached hydrogen (secondary N) is 1. The maximum Gasteiger partial charge on any atom is 0.161 e. The van der Waals surface area contributed by atoms with Crippen LogP contribution in [0.1, 0.15) is 17.0 Å². The van der Waals surface area contributed by atoms with E-state index in [0.29, 0.717) is 6.61 Å². The molecule has 1 aromatic carbocycles. The SMILES string of the molecule is COc1cc(C)ccc1OCCc1cc(C)[nH]n1. The summed E-state index contributed by atoms with van der Waals surface area (Å²) < 4.78 is 11.0. The van der Waals surface area contributed by atoms with E-state index in [1.807, 2.05) is 38.1 Å². The Morgan fingerprint density at radius 1 is 1.17 bits per heavy atom. The molecule has 0 radical (unpaired) electrons. The first-order valence-corrected chi connectivity index (χ1v) is 5.97. The summed E-state index contributed by atoms with van der Waals surface area (Å²) in [6, 6.07) is 7.93. The van der Waals surface area contributed by atoms with Gasteiger partial charge in [0.2, 0.25) is 0 Å². The molecule has 2 aromatic rings. The van der Waals surface area contributed by atoms with Crippen LogP contribution in [-0.2, 0) is 6.42 Å². The van der Waals surface area contributed by atoms with Gasteiger partial charge in [-0.25, -0.2) is 0 Å². The van der Waals surface area contributed by atoms with Crippen molar-refractivity contribution in [1.82, 2.24) is 10.2 Å². The van der Waals surface area contributed by atoms with Crippen LogP contribution in [0.15, 0.2) is 24.3 Å². The third-order valence-corrected chi connectivity index (χ3v) is 2.69. The average molecular weight is 246 g/mol. The first-order chi connectivity index (χ1) is 8.69. The molecule has 18 heavy (non-hydrogen) atoms. The van der Waals surface area contributed by atoms with Gasteiger partial charge in [-0.15, -0.1) is 0 Å². The third-order valence-electron chi connectivity index (χ3n) is 2.69. The number of aromatic nitrogens is 2. The van der Waals surface area contributed by atoms with Gasteiger partial charge in [-0.1, -0.05) is 6.07 Å². The fourth-order valence-electron chi connectivity index (χ4n) is 1.76. The third kappa shape index (κ3) is 3.03. The molecule has 1 heterocycles. The molecular weight excluding hydrogens is 228 g/mol. The summed E-state index contributed by atoms with van der Waals surface area (Å²) in [6.07, 6.45) is 0.779. The Morgan fingerprint density at radius 3 is 2.67 bits per heavy atom. The zero-order valence-corrected chi connectivity index (χ0v) is 11.0. The van der Waals surface area contributed by atoms with Crippen LogP contribution in [0.4, 0.5) is 0 Å². The number of nitrogens with zero attached hydrogens (tertiary/aromatic N) is 1. The van der Waals surface area contributed by atoms with Crippen LogP contribution >= 0.6 is 0 Å². The highest BCUT2D eigenvalue weighted by Crippen LogP contribution is 2.27. The lowest BCUT2D eigenvalue weighted by Crippen LogP contribution is -2.03. The molecule has 0 saturated carbocycles. The normalized spacial score (nSPS) is 10.4. The Morgan fingerprint density at radius 2 is 2.00 bits per heavy atom. The van der Waals surface area contributed by atoms with Crippen molar-refractivity contribution in [2.45, 2.75) is 20.3 Å². The van der Waals surface area contributed by atoms with Gasteiger partial charge < -0.3 is 9.47 Å². The lowest BCUT2D eigenvalue weighted by Gasteiger charge is -2.10. The van der Waals surface area contributed by atoms with E-state index < -0.39 is 0 Å². The van der Waals surface area contributed by atoms with Crippen LogP contribution < -0.4 is 9.47 Å². The molecule has 0 unspecified atom stereocenters. The quantitative estimate of drug-likeness (QED) is 0.882. The molecular formula is C14H18N2O2. The van der Waals surface area contributed by atoms with Crippen LogP contribution in [0, 0.1) is 13.8 Å². The van der Waals surface area contributed by atoms with Gasteiger partial charge >= 0.3 is 0 Å². The van der Waals surface area contributed by atoms with Crippen molar-refractivity contribution in [3.8, 4) is 11.5 Å². The molecule has 4 heteroatoms. The van der Waals surface area contributed by atoms with Crippen LogP contribution in [0.3, 0.4) is 0 Å². The lowest BCUT2D eigenvalue weighted by atomic mass is 10.2. The molecule has 0 atom stereocenters. The second kappa shape index (κ2) is 5.58.